The van der Waals surface area contributed by atoms with Gasteiger partial charge in [-0.3, -0.25) is 4.79 Å². The third-order valence-corrected chi connectivity index (χ3v) is 4.45. The van der Waals surface area contributed by atoms with Gasteiger partial charge in [0.1, 0.15) is 16.7 Å². The molecule has 2 aliphatic rings. The van der Waals surface area contributed by atoms with Crippen LogP contribution in [-0.4, -0.2) is 5.91 Å². The van der Waals surface area contributed by atoms with Gasteiger partial charge >= 0.3 is 0 Å². The predicted octanol–water partition coefficient (Wildman–Crippen LogP) is 3.58. The maximum Gasteiger partial charge on any atom is 0.243 e. The molecule has 4 heteroatoms. The fourth-order valence-electron chi connectivity index (χ4n) is 3.41. The summed E-state index contributed by atoms with van der Waals surface area (Å²) < 4.78 is 11.1. The number of carbonyl (C=O) groups excluding carboxylic acids is 1. The molecule has 2 aliphatic heterocycles. The average molecular weight is 289 g/mol. The number of ether oxygens (including phenoxy) is 1. The van der Waals surface area contributed by atoms with Gasteiger partial charge in [-0.2, -0.15) is 0 Å². The number of benzene rings is 2. The highest BCUT2D eigenvalue weighted by Crippen LogP contribution is 2.49. The van der Waals surface area contributed by atoms with Gasteiger partial charge in [0.05, 0.1) is 12.5 Å². The predicted molar refractivity (Wildman–Crippen MR) is 81.8 cm³/mol. The Balaban J connectivity index is 1.88. The molecular weight excluding hydrogens is 278 g/mol. The molecule has 0 saturated carbocycles. The van der Waals surface area contributed by atoms with Crippen LogP contribution in [-0.2, 0) is 10.2 Å². The summed E-state index contributed by atoms with van der Waals surface area (Å²) in [5.74, 6) is 0.592. The second kappa shape index (κ2) is 3.80. The van der Waals surface area contributed by atoms with E-state index < -0.39 is 5.41 Å². The lowest BCUT2D eigenvalue weighted by Gasteiger charge is -2.29. The fourth-order valence-corrected chi connectivity index (χ4v) is 3.41. The molecule has 1 N–H and O–H groups in total. The fraction of sp³-hybridized carbons (Fsp3) is 0.0556. The summed E-state index contributed by atoms with van der Waals surface area (Å²) in [6.45, 7) is 0. The molecular formula is C18H11NO3. The van der Waals surface area contributed by atoms with Crippen LogP contribution in [0.4, 0.5) is 5.69 Å². The minimum absolute atomic E-state index is 0.0580. The minimum Gasteiger partial charge on any atom is -0.465 e. The van der Waals surface area contributed by atoms with Crippen molar-refractivity contribution in [2.24, 2.45) is 0 Å². The molecule has 0 bridgehead atoms. The quantitative estimate of drug-likeness (QED) is 0.688. The molecule has 0 fully saturated rings. The molecule has 4 nitrogen and oxygen atoms in total. The number of amides is 1. The van der Waals surface area contributed by atoms with Gasteiger partial charge in [0.2, 0.25) is 5.91 Å². The molecule has 5 rings (SSSR count). The maximum absolute atomic E-state index is 12.8. The second-order valence-electron chi connectivity index (χ2n) is 5.54. The van der Waals surface area contributed by atoms with E-state index in [1.54, 1.807) is 12.5 Å². The van der Waals surface area contributed by atoms with Gasteiger partial charge in [-0.25, -0.2) is 0 Å². The normalized spacial score (nSPS) is 21.5. The molecule has 0 radical (unpaired) electrons. The second-order valence-corrected chi connectivity index (χ2v) is 5.54. The van der Waals surface area contributed by atoms with Crippen LogP contribution in [0, 0.1) is 0 Å². The van der Waals surface area contributed by atoms with Crippen LogP contribution in [0.3, 0.4) is 0 Å². The van der Waals surface area contributed by atoms with E-state index in [9.17, 15) is 4.79 Å². The summed E-state index contributed by atoms with van der Waals surface area (Å²) in [5, 5.41) is 3.92. The van der Waals surface area contributed by atoms with Crippen LogP contribution < -0.4 is 10.1 Å². The summed E-state index contributed by atoms with van der Waals surface area (Å²) >= 11 is 0. The Morgan fingerprint density at radius 2 is 1.95 bits per heavy atom. The molecule has 106 valence electrons. The van der Waals surface area contributed by atoms with Crippen molar-refractivity contribution >= 4 is 22.6 Å². The molecule has 0 saturated heterocycles. The van der Waals surface area contributed by atoms with Crippen molar-refractivity contribution in [3.8, 4) is 5.75 Å². The smallest absolute Gasteiger partial charge is 0.243 e. The number of anilines is 1. The van der Waals surface area contributed by atoms with E-state index in [2.05, 4.69) is 5.32 Å². The Bertz CT molecular complexity index is 969. The van der Waals surface area contributed by atoms with Gasteiger partial charge in [0.15, 0.2) is 0 Å². The average Bonchev–Trinajstić information content (AvgIpc) is 3.09. The van der Waals surface area contributed by atoms with Gasteiger partial charge < -0.3 is 14.5 Å². The lowest BCUT2D eigenvalue weighted by atomic mass is 9.74. The van der Waals surface area contributed by atoms with E-state index in [-0.39, 0.29) is 5.91 Å². The standard InChI is InChI=1S/C18H11NO3/c20-17-18(12-3-1-2-4-14(12)19-17)6-8-22-16-10-15-11(5-7-21-15)9-13(16)18/h1-10H,(H,19,20). The van der Waals surface area contributed by atoms with E-state index in [0.717, 1.165) is 27.8 Å². The van der Waals surface area contributed by atoms with Crippen molar-refractivity contribution in [1.82, 2.24) is 0 Å². The Morgan fingerprint density at radius 3 is 2.91 bits per heavy atom. The maximum atomic E-state index is 12.8. The van der Waals surface area contributed by atoms with E-state index >= 15 is 0 Å². The first-order valence-corrected chi connectivity index (χ1v) is 7.06. The number of para-hydroxylation sites is 1. The van der Waals surface area contributed by atoms with Crippen molar-refractivity contribution in [3.05, 3.63) is 72.2 Å². The Hall–Kier alpha value is -3.01. The monoisotopic (exact) mass is 289 g/mol. The highest BCUT2D eigenvalue weighted by Gasteiger charge is 2.49. The molecule has 1 spiro atoms. The van der Waals surface area contributed by atoms with E-state index in [1.807, 2.05) is 48.5 Å². The molecule has 3 aromatic rings. The van der Waals surface area contributed by atoms with Gasteiger partial charge in [0, 0.05) is 22.7 Å². The largest absolute Gasteiger partial charge is 0.465 e. The van der Waals surface area contributed by atoms with Crippen LogP contribution in [0.2, 0.25) is 0 Å². The molecule has 1 unspecified atom stereocenters. The molecule has 1 atom stereocenters. The van der Waals surface area contributed by atoms with Crippen LogP contribution in [0.25, 0.3) is 11.0 Å². The zero-order chi connectivity index (χ0) is 14.7. The van der Waals surface area contributed by atoms with Crippen LogP contribution in [0.15, 0.2) is 65.5 Å². The first-order valence-electron chi connectivity index (χ1n) is 7.06. The molecule has 1 amide bonds. The first kappa shape index (κ1) is 11.6. The number of furan rings is 1. The van der Waals surface area contributed by atoms with Crippen molar-refractivity contribution in [2.45, 2.75) is 5.41 Å². The summed E-state index contributed by atoms with van der Waals surface area (Å²) in [6.07, 6.45) is 5.04. The third kappa shape index (κ3) is 1.25. The Kier molecular flexibility index (Phi) is 2.01. The van der Waals surface area contributed by atoms with E-state index in [4.69, 9.17) is 9.15 Å². The van der Waals surface area contributed by atoms with Gasteiger partial charge in [0.25, 0.3) is 0 Å². The third-order valence-electron chi connectivity index (χ3n) is 4.45. The Labute approximate surface area is 126 Å². The summed E-state index contributed by atoms with van der Waals surface area (Å²) in [6, 6.07) is 13.5. The van der Waals surface area contributed by atoms with Crippen LogP contribution in [0.5, 0.6) is 5.75 Å². The van der Waals surface area contributed by atoms with Crippen molar-refractivity contribution in [3.63, 3.8) is 0 Å². The number of rotatable bonds is 0. The molecule has 1 aromatic heterocycles. The van der Waals surface area contributed by atoms with E-state index in [1.165, 1.54) is 0 Å². The number of hydrogen-bond donors (Lipinski definition) is 1. The van der Waals surface area contributed by atoms with Crippen molar-refractivity contribution in [2.75, 3.05) is 5.32 Å². The van der Waals surface area contributed by atoms with Crippen LogP contribution in [0.1, 0.15) is 11.1 Å². The number of hydrogen-bond acceptors (Lipinski definition) is 3. The van der Waals surface area contributed by atoms with Crippen LogP contribution >= 0.6 is 0 Å². The summed E-state index contributed by atoms with van der Waals surface area (Å²) in [5.41, 5.74) is 2.54. The van der Waals surface area contributed by atoms with Gasteiger partial charge in [-0.05, 0) is 29.8 Å². The van der Waals surface area contributed by atoms with Crippen molar-refractivity contribution in [1.29, 1.82) is 0 Å². The van der Waals surface area contributed by atoms with E-state index in [0.29, 0.717) is 5.75 Å². The lowest BCUT2D eigenvalue weighted by Crippen LogP contribution is -2.35. The summed E-state index contributed by atoms with van der Waals surface area (Å²) in [7, 11) is 0. The van der Waals surface area contributed by atoms with Gasteiger partial charge in [-0.1, -0.05) is 18.2 Å². The zero-order valence-electron chi connectivity index (χ0n) is 11.5. The number of nitrogens with one attached hydrogen (secondary N) is 1. The van der Waals surface area contributed by atoms with Crippen molar-refractivity contribution < 1.29 is 13.9 Å². The summed E-state index contributed by atoms with van der Waals surface area (Å²) in [4.78, 5) is 12.8. The van der Waals surface area contributed by atoms with Gasteiger partial charge in [-0.15, -0.1) is 0 Å². The number of fused-ring (bicyclic) bond motifs is 5. The topological polar surface area (TPSA) is 51.5 Å². The zero-order valence-corrected chi connectivity index (χ0v) is 11.5. The molecule has 2 aromatic carbocycles. The Morgan fingerprint density at radius 1 is 1.05 bits per heavy atom. The minimum atomic E-state index is -0.838. The molecule has 22 heavy (non-hydrogen) atoms. The first-order chi connectivity index (χ1) is 10.8. The highest BCUT2D eigenvalue weighted by molar-refractivity contribution is 6.11. The molecule has 3 heterocycles. The number of carbonyl (C=O) groups is 1. The lowest BCUT2D eigenvalue weighted by molar-refractivity contribution is -0.118. The molecule has 0 aliphatic carbocycles. The highest BCUT2D eigenvalue weighted by atomic mass is 16.5. The SMILES string of the molecule is O=C1Nc2ccccc2C12C=COc1cc3occc3cc12.